The van der Waals surface area contributed by atoms with E-state index in [9.17, 15) is 14.4 Å². The minimum absolute atomic E-state index is 0.0427. The number of hydrogen-bond donors (Lipinski definition) is 2. The Morgan fingerprint density at radius 2 is 2.05 bits per heavy atom. The van der Waals surface area contributed by atoms with Gasteiger partial charge in [-0.15, -0.1) is 23.1 Å². The number of hydrogen-bond acceptors (Lipinski definition) is 7. The summed E-state index contributed by atoms with van der Waals surface area (Å²) in [4.78, 5) is 41.9. The highest BCUT2D eigenvalue weighted by atomic mass is 35.5. The SMILES string of the molecule is CO[C@H]1CC(N2C=C(CCC(=O)O)SC2)N(C(=O)Cc2cc(Cl)c(NC(=O)c3csc4ccccc34)cc2F)C1. The van der Waals surface area contributed by atoms with Gasteiger partial charge in [0.1, 0.15) is 12.0 Å². The number of ether oxygens (including phenoxy) is 1. The van der Waals surface area contributed by atoms with Crippen LogP contribution >= 0.6 is 34.7 Å². The van der Waals surface area contributed by atoms with E-state index in [0.29, 0.717) is 30.8 Å². The number of amides is 2. The van der Waals surface area contributed by atoms with E-state index in [1.807, 2.05) is 35.4 Å². The molecule has 12 heteroatoms. The molecule has 0 saturated carbocycles. The van der Waals surface area contributed by atoms with Crippen molar-refractivity contribution < 1.29 is 28.6 Å². The number of rotatable bonds is 9. The van der Waals surface area contributed by atoms with E-state index >= 15 is 4.39 Å². The first-order valence-corrected chi connectivity index (χ1v) is 14.9. The van der Waals surface area contributed by atoms with Gasteiger partial charge in [-0.25, -0.2) is 4.39 Å². The maximum Gasteiger partial charge on any atom is 0.303 e. The molecule has 2 amide bonds. The normalized spacial score (nSPS) is 18.8. The van der Waals surface area contributed by atoms with Crippen molar-refractivity contribution >= 4 is 68.3 Å². The zero-order valence-corrected chi connectivity index (χ0v) is 24.0. The molecular formula is C28H27ClFN3O5S2. The second-order valence-electron chi connectivity index (χ2n) is 9.60. The predicted molar refractivity (Wildman–Crippen MR) is 155 cm³/mol. The Kier molecular flexibility index (Phi) is 8.65. The van der Waals surface area contributed by atoms with Gasteiger partial charge in [0.05, 0.1) is 34.7 Å². The van der Waals surface area contributed by atoms with Crippen LogP contribution in [-0.2, 0) is 20.7 Å². The van der Waals surface area contributed by atoms with Crippen molar-refractivity contribution in [1.82, 2.24) is 9.80 Å². The molecule has 2 aromatic carbocycles. The number of nitrogens with zero attached hydrogens (tertiary/aromatic N) is 2. The zero-order chi connectivity index (χ0) is 28.4. The molecule has 0 aliphatic carbocycles. The minimum atomic E-state index is -0.858. The van der Waals surface area contributed by atoms with E-state index in [1.165, 1.54) is 17.4 Å². The van der Waals surface area contributed by atoms with Gasteiger partial charge in [-0.05, 0) is 30.2 Å². The zero-order valence-electron chi connectivity index (χ0n) is 21.6. The van der Waals surface area contributed by atoms with Gasteiger partial charge in [-0.1, -0.05) is 29.8 Å². The van der Waals surface area contributed by atoms with Crippen molar-refractivity contribution in [2.75, 3.05) is 24.8 Å². The van der Waals surface area contributed by atoms with Crippen molar-refractivity contribution in [2.45, 2.75) is 38.0 Å². The molecular weight excluding hydrogens is 577 g/mol. The van der Waals surface area contributed by atoms with E-state index in [1.54, 1.807) is 29.2 Å². The maximum atomic E-state index is 15.2. The molecule has 0 bridgehead atoms. The number of fused-ring (bicyclic) bond motifs is 1. The standard InChI is InChI=1S/C28H27ClFN3O5S2/c1-38-17-10-25(32-13-18(40-15-32)6-7-27(35)36)33(12-17)26(34)9-16-8-21(29)23(11-22(16)30)31-28(37)20-14-39-24-5-3-2-4-19(20)24/h2-5,8,11,13-14,17,25H,6-7,9-10,12,15H2,1H3,(H,31,37)(H,35,36)/t17-,25?/m0/s1. The minimum Gasteiger partial charge on any atom is -0.481 e. The highest BCUT2D eigenvalue weighted by Crippen LogP contribution is 2.35. The van der Waals surface area contributed by atoms with Crippen molar-refractivity contribution in [2.24, 2.45) is 0 Å². The molecule has 210 valence electrons. The van der Waals surface area contributed by atoms with Crippen LogP contribution in [0, 0.1) is 5.82 Å². The van der Waals surface area contributed by atoms with Gasteiger partial charge in [0.15, 0.2) is 0 Å². The Bertz CT molecular complexity index is 1500. The quantitative estimate of drug-likeness (QED) is 0.320. The molecule has 0 radical (unpaired) electrons. The highest BCUT2D eigenvalue weighted by Gasteiger charge is 2.39. The van der Waals surface area contributed by atoms with E-state index < -0.39 is 17.7 Å². The summed E-state index contributed by atoms with van der Waals surface area (Å²) in [6.45, 7) is 0.359. The van der Waals surface area contributed by atoms with Gasteiger partial charge in [0.25, 0.3) is 5.91 Å². The van der Waals surface area contributed by atoms with Crippen LogP contribution in [0.4, 0.5) is 10.1 Å². The number of aliphatic carboxylic acids is 1. The summed E-state index contributed by atoms with van der Waals surface area (Å²) in [5.74, 6) is -1.59. The van der Waals surface area contributed by atoms with Crippen LogP contribution in [0.1, 0.15) is 35.2 Å². The first-order valence-electron chi connectivity index (χ1n) is 12.6. The van der Waals surface area contributed by atoms with Gasteiger partial charge >= 0.3 is 5.97 Å². The summed E-state index contributed by atoms with van der Waals surface area (Å²) < 4.78 is 21.7. The van der Waals surface area contributed by atoms with Crippen LogP contribution in [-0.4, -0.2) is 64.5 Å². The second-order valence-corrected chi connectivity index (χ2v) is 12.0. The molecule has 2 N–H and O–H groups in total. The van der Waals surface area contributed by atoms with E-state index in [-0.39, 0.29) is 47.3 Å². The van der Waals surface area contributed by atoms with Gasteiger partial charge in [-0.2, -0.15) is 0 Å². The Morgan fingerprint density at radius 3 is 2.83 bits per heavy atom. The van der Waals surface area contributed by atoms with Crippen molar-refractivity contribution in [3.63, 3.8) is 0 Å². The topological polar surface area (TPSA) is 99.2 Å². The number of nitrogens with one attached hydrogen (secondary N) is 1. The maximum absolute atomic E-state index is 15.2. The number of carboxylic acids is 1. The lowest BCUT2D eigenvalue weighted by Crippen LogP contribution is -2.45. The van der Waals surface area contributed by atoms with Crippen molar-refractivity contribution in [1.29, 1.82) is 0 Å². The van der Waals surface area contributed by atoms with Crippen LogP contribution in [0.3, 0.4) is 0 Å². The molecule has 1 fully saturated rings. The summed E-state index contributed by atoms with van der Waals surface area (Å²) in [5, 5.41) is 14.4. The molecule has 2 atom stereocenters. The summed E-state index contributed by atoms with van der Waals surface area (Å²) in [5.41, 5.74) is 0.730. The lowest BCUT2D eigenvalue weighted by molar-refractivity contribution is -0.137. The van der Waals surface area contributed by atoms with Crippen molar-refractivity contribution in [3.8, 4) is 0 Å². The fourth-order valence-corrected chi connectivity index (χ4v) is 7.11. The number of carbonyl (C=O) groups is 3. The number of anilines is 1. The summed E-state index contributed by atoms with van der Waals surface area (Å²) in [7, 11) is 1.59. The average molecular weight is 604 g/mol. The predicted octanol–water partition coefficient (Wildman–Crippen LogP) is 5.77. The van der Waals surface area contributed by atoms with Crippen LogP contribution < -0.4 is 5.32 Å². The monoisotopic (exact) mass is 603 g/mol. The molecule has 0 spiro atoms. The Labute approximate surface area is 243 Å². The number of benzene rings is 2. The third kappa shape index (κ3) is 6.12. The lowest BCUT2D eigenvalue weighted by atomic mass is 10.1. The summed E-state index contributed by atoms with van der Waals surface area (Å²) in [6, 6.07) is 10.0. The number of thiophene rings is 1. The van der Waals surface area contributed by atoms with E-state index in [2.05, 4.69) is 5.32 Å². The summed E-state index contributed by atoms with van der Waals surface area (Å²) in [6.07, 6.45) is 2.29. The molecule has 1 aromatic heterocycles. The number of likely N-dealkylation sites (tertiary alicyclic amines) is 1. The third-order valence-electron chi connectivity index (χ3n) is 7.02. The Hall–Kier alpha value is -3.12. The summed E-state index contributed by atoms with van der Waals surface area (Å²) >= 11 is 9.42. The number of allylic oxidation sites excluding steroid dienone is 1. The molecule has 1 unspecified atom stereocenters. The van der Waals surface area contributed by atoms with E-state index in [0.717, 1.165) is 21.1 Å². The van der Waals surface area contributed by atoms with Crippen LogP contribution in [0.2, 0.25) is 5.02 Å². The number of carboxylic acid groups (broad SMARTS) is 1. The first-order chi connectivity index (χ1) is 19.2. The van der Waals surface area contributed by atoms with Crippen LogP contribution in [0.15, 0.2) is 52.9 Å². The lowest BCUT2D eigenvalue weighted by Gasteiger charge is -2.31. The molecule has 3 aromatic rings. The third-order valence-corrected chi connectivity index (χ3v) is 9.40. The Morgan fingerprint density at radius 1 is 1.25 bits per heavy atom. The van der Waals surface area contributed by atoms with Crippen LogP contribution in [0.25, 0.3) is 10.1 Å². The number of methoxy groups -OCH3 is 1. The molecule has 40 heavy (non-hydrogen) atoms. The first kappa shape index (κ1) is 28.4. The number of halogens is 2. The second kappa shape index (κ2) is 12.2. The fraction of sp³-hybridized carbons (Fsp3) is 0.321. The number of thioether (sulfide) groups is 1. The Balaban J connectivity index is 1.28. The van der Waals surface area contributed by atoms with Gasteiger partial charge in [-0.3, -0.25) is 14.4 Å². The van der Waals surface area contributed by atoms with Gasteiger partial charge in [0.2, 0.25) is 5.91 Å². The molecule has 8 nitrogen and oxygen atoms in total. The fourth-order valence-electron chi connectivity index (χ4n) is 4.91. The molecule has 1 saturated heterocycles. The molecule has 2 aliphatic rings. The highest BCUT2D eigenvalue weighted by molar-refractivity contribution is 8.03. The van der Waals surface area contributed by atoms with E-state index in [4.69, 9.17) is 21.4 Å². The van der Waals surface area contributed by atoms with Gasteiger partial charge in [0, 0.05) is 53.1 Å². The smallest absolute Gasteiger partial charge is 0.303 e. The molecule has 5 rings (SSSR count). The molecule has 3 heterocycles. The average Bonchev–Trinajstić information content (AvgIpc) is 3.68. The van der Waals surface area contributed by atoms with Gasteiger partial charge < -0.3 is 25.0 Å². The molecule has 2 aliphatic heterocycles. The number of carbonyl (C=O) groups excluding carboxylic acids is 2. The van der Waals surface area contributed by atoms with Crippen molar-refractivity contribution in [3.05, 3.63) is 74.9 Å². The largest absolute Gasteiger partial charge is 0.481 e. The van der Waals surface area contributed by atoms with Crippen LogP contribution in [0.5, 0.6) is 0 Å².